The topological polar surface area (TPSA) is 83.0 Å². The Morgan fingerprint density at radius 1 is 1.17 bits per heavy atom. The van der Waals surface area contributed by atoms with Crippen LogP contribution in [0.5, 0.6) is 0 Å². The van der Waals surface area contributed by atoms with Crippen LogP contribution in [0.2, 0.25) is 0 Å². The maximum atomic E-state index is 14.2. The van der Waals surface area contributed by atoms with Crippen molar-refractivity contribution in [2.45, 2.75) is 13.1 Å². The summed E-state index contributed by atoms with van der Waals surface area (Å²) in [6.45, 7) is 2.09. The van der Waals surface area contributed by atoms with E-state index in [-0.39, 0.29) is 17.3 Å². The summed E-state index contributed by atoms with van der Waals surface area (Å²) in [4.78, 5) is 24.2. The molecule has 0 aliphatic carbocycles. The third-order valence-corrected chi connectivity index (χ3v) is 4.21. The van der Waals surface area contributed by atoms with E-state index in [0.717, 1.165) is 16.4 Å². The van der Waals surface area contributed by atoms with Crippen molar-refractivity contribution in [3.63, 3.8) is 0 Å². The fraction of sp³-hybridized carbons (Fsp3) is 0.176. The van der Waals surface area contributed by atoms with Crippen LogP contribution in [-0.4, -0.2) is 31.8 Å². The summed E-state index contributed by atoms with van der Waals surface area (Å²) in [5.41, 5.74) is -1.34. The highest BCUT2D eigenvalue weighted by molar-refractivity contribution is 7.78. The Balaban J connectivity index is 1.89. The van der Waals surface area contributed by atoms with E-state index >= 15 is 0 Å². The summed E-state index contributed by atoms with van der Waals surface area (Å²) in [5.74, 6) is -1.30. The standard InChI is InChI=1S/C17H14F4N6OS/c1-2-27(29)16(28)26-12-7-6-11-15(24-12)25-13(8-22-11)23-10-5-3-4-9(14(10)18)17(19,20)21/h3-8,29H,2H2,1H3,(H2,23,24,25,26,28). The number of pyridine rings is 1. The molecule has 0 aliphatic rings. The minimum absolute atomic E-state index is 0.0175. The Labute approximate surface area is 167 Å². The molecule has 0 spiro atoms. The van der Waals surface area contributed by atoms with E-state index in [1.807, 2.05) is 0 Å². The lowest BCUT2D eigenvalue weighted by molar-refractivity contribution is -0.139. The minimum Gasteiger partial charge on any atom is -0.336 e. The lowest BCUT2D eigenvalue weighted by atomic mass is 10.1. The summed E-state index contributed by atoms with van der Waals surface area (Å²) in [5, 5.41) is 4.98. The molecule has 0 saturated heterocycles. The Bertz CT molecular complexity index is 1060. The van der Waals surface area contributed by atoms with Crippen molar-refractivity contribution < 1.29 is 22.4 Å². The fourth-order valence-electron chi connectivity index (χ4n) is 2.33. The van der Waals surface area contributed by atoms with Crippen LogP contribution in [0.1, 0.15) is 12.5 Å². The highest BCUT2D eigenvalue weighted by Gasteiger charge is 2.34. The zero-order chi connectivity index (χ0) is 21.2. The highest BCUT2D eigenvalue weighted by Crippen LogP contribution is 2.34. The molecule has 0 unspecified atom stereocenters. The van der Waals surface area contributed by atoms with Gasteiger partial charge in [0.05, 0.1) is 17.4 Å². The van der Waals surface area contributed by atoms with Gasteiger partial charge in [0.25, 0.3) is 0 Å². The van der Waals surface area contributed by atoms with Gasteiger partial charge < -0.3 is 5.32 Å². The first kappa shape index (κ1) is 20.6. The second kappa shape index (κ2) is 8.07. The van der Waals surface area contributed by atoms with Crippen molar-refractivity contribution >= 4 is 47.3 Å². The van der Waals surface area contributed by atoms with Crippen LogP contribution in [0.3, 0.4) is 0 Å². The van der Waals surface area contributed by atoms with Crippen molar-refractivity contribution in [2.75, 3.05) is 17.2 Å². The number of anilines is 3. The lowest BCUT2D eigenvalue weighted by Crippen LogP contribution is -2.27. The smallest absolute Gasteiger partial charge is 0.336 e. The largest absolute Gasteiger partial charge is 0.419 e. The van der Waals surface area contributed by atoms with E-state index in [2.05, 4.69) is 38.4 Å². The average Bonchev–Trinajstić information content (AvgIpc) is 2.67. The zero-order valence-electron chi connectivity index (χ0n) is 14.8. The number of carbonyl (C=O) groups excluding carboxylic acids is 1. The van der Waals surface area contributed by atoms with Crippen LogP contribution in [0, 0.1) is 5.82 Å². The number of halogens is 4. The van der Waals surface area contributed by atoms with Gasteiger partial charge in [-0.25, -0.2) is 24.1 Å². The van der Waals surface area contributed by atoms with E-state index in [1.54, 1.807) is 13.0 Å². The number of thiol groups is 1. The minimum atomic E-state index is -4.83. The van der Waals surface area contributed by atoms with E-state index in [1.165, 1.54) is 12.3 Å². The van der Waals surface area contributed by atoms with Gasteiger partial charge in [-0.1, -0.05) is 18.9 Å². The first-order chi connectivity index (χ1) is 13.7. The van der Waals surface area contributed by atoms with Gasteiger partial charge in [-0.2, -0.15) is 13.2 Å². The molecule has 2 N–H and O–H groups in total. The first-order valence-electron chi connectivity index (χ1n) is 8.23. The van der Waals surface area contributed by atoms with Crippen molar-refractivity contribution in [3.8, 4) is 0 Å². The van der Waals surface area contributed by atoms with Crippen LogP contribution >= 0.6 is 12.8 Å². The van der Waals surface area contributed by atoms with Gasteiger partial charge in [-0.3, -0.25) is 9.62 Å². The normalized spacial score (nSPS) is 11.4. The molecule has 2 heterocycles. The number of aromatic nitrogens is 3. The summed E-state index contributed by atoms with van der Waals surface area (Å²) in [6, 6.07) is 5.42. The Morgan fingerprint density at radius 3 is 2.59 bits per heavy atom. The third kappa shape index (κ3) is 4.65. The van der Waals surface area contributed by atoms with Gasteiger partial charge in [-0.15, -0.1) is 0 Å². The van der Waals surface area contributed by atoms with Crippen LogP contribution in [0.4, 0.5) is 39.7 Å². The number of alkyl halides is 3. The van der Waals surface area contributed by atoms with Gasteiger partial charge in [0, 0.05) is 6.54 Å². The molecule has 152 valence electrons. The number of hydrogen-bond donors (Lipinski definition) is 3. The number of fused-ring (bicyclic) bond motifs is 1. The predicted molar refractivity (Wildman–Crippen MR) is 102 cm³/mol. The van der Waals surface area contributed by atoms with Crippen LogP contribution in [0.15, 0.2) is 36.5 Å². The molecule has 0 saturated carbocycles. The van der Waals surface area contributed by atoms with Crippen molar-refractivity contribution in [1.29, 1.82) is 0 Å². The summed E-state index contributed by atoms with van der Waals surface area (Å²) < 4.78 is 53.9. The Hall–Kier alpha value is -3.15. The molecule has 0 radical (unpaired) electrons. The number of nitrogens with one attached hydrogen (secondary N) is 2. The number of rotatable bonds is 4. The van der Waals surface area contributed by atoms with E-state index in [9.17, 15) is 22.4 Å². The predicted octanol–water partition coefficient (Wildman–Crippen LogP) is 4.62. The molecule has 7 nitrogen and oxygen atoms in total. The maximum absolute atomic E-state index is 14.2. The Kier molecular flexibility index (Phi) is 5.73. The second-order valence-electron chi connectivity index (χ2n) is 5.73. The summed E-state index contributed by atoms with van der Waals surface area (Å²) in [6.07, 6.45) is -3.60. The molecule has 0 aliphatic heterocycles. The third-order valence-electron chi connectivity index (χ3n) is 3.74. The van der Waals surface area contributed by atoms with Gasteiger partial charge in [0.2, 0.25) is 0 Å². The van der Waals surface area contributed by atoms with Crippen LogP contribution in [0.25, 0.3) is 11.2 Å². The van der Waals surface area contributed by atoms with Gasteiger partial charge in [-0.05, 0) is 31.2 Å². The number of benzene rings is 1. The van der Waals surface area contributed by atoms with Crippen molar-refractivity contribution in [2.24, 2.45) is 0 Å². The number of hydrogen-bond acceptors (Lipinski definition) is 6. The number of nitrogens with zero attached hydrogens (tertiary/aromatic N) is 4. The second-order valence-corrected chi connectivity index (χ2v) is 6.21. The first-order valence-corrected chi connectivity index (χ1v) is 8.63. The molecule has 1 aromatic carbocycles. The number of carbonyl (C=O) groups is 1. The molecule has 3 rings (SSSR count). The Morgan fingerprint density at radius 2 is 1.90 bits per heavy atom. The van der Waals surface area contributed by atoms with Crippen molar-refractivity contribution in [3.05, 3.63) is 47.9 Å². The highest BCUT2D eigenvalue weighted by atomic mass is 32.1. The SMILES string of the molecule is CCN(S)C(=O)Nc1ccc2ncc(Nc3cccc(C(F)(F)F)c3F)nc2n1. The lowest BCUT2D eigenvalue weighted by Gasteiger charge is -2.14. The van der Waals surface area contributed by atoms with Gasteiger partial charge in [0.15, 0.2) is 17.3 Å². The molecular weight excluding hydrogens is 412 g/mol. The summed E-state index contributed by atoms with van der Waals surface area (Å²) >= 11 is 3.98. The van der Waals surface area contributed by atoms with Gasteiger partial charge >= 0.3 is 12.2 Å². The molecule has 0 fully saturated rings. The van der Waals surface area contributed by atoms with E-state index < -0.39 is 29.3 Å². The molecular formula is C17H14F4N6OS. The molecule has 29 heavy (non-hydrogen) atoms. The zero-order valence-corrected chi connectivity index (χ0v) is 15.7. The van der Waals surface area contributed by atoms with Gasteiger partial charge in [0.1, 0.15) is 11.3 Å². The number of amides is 2. The van der Waals surface area contributed by atoms with Crippen LogP contribution < -0.4 is 10.6 Å². The summed E-state index contributed by atoms with van der Waals surface area (Å²) in [7, 11) is 0. The van der Waals surface area contributed by atoms with Crippen LogP contribution in [-0.2, 0) is 6.18 Å². The fourth-order valence-corrected chi connectivity index (χ4v) is 2.38. The molecule has 0 bridgehead atoms. The monoisotopic (exact) mass is 426 g/mol. The van der Waals surface area contributed by atoms with E-state index in [4.69, 9.17) is 0 Å². The molecule has 12 heteroatoms. The maximum Gasteiger partial charge on any atom is 0.419 e. The van der Waals surface area contributed by atoms with Crippen molar-refractivity contribution in [1.82, 2.24) is 19.3 Å². The van der Waals surface area contributed by atoms with E-state index in [0.29, 0.717) is 18.1 Å². The molecule has 0 atom stereocenters. The number of urea groups is 1. The molecule has 2 aromatic heterocycles. The quantitative estimate of drug-likeness (QED) is 0.419. The molecule has 2 amide bonds. The average molecular weight is 426 g/mol. The molecule has 3 aromatic rings.